The Balaban J connectivity index is 1.74. The molecule has 12 heteroatoms. The van der Waals surface area contributed by atoms with Crippen molar-refractivity contribution in [3.05, 3.63) is 101 Å². The molecule has 2 N–H and O–H groups in total. The zero-order valence-electron chi connectivity index (χ0n) is 17.9. The molecule has 0 radical (unpaired) electrons. The second-order valence-electron chi connectivity index (χ2n) is 7.44. The fourth-order valence-corrected chi connectivity index (χ4v) is 4.94. The molecule has 0 saturated heterocycles. The molecule has 1 heterocycles. The van der Waals surface area contributed by atoms with E-state index in [2.05, 4.69) is 19.7 Å². The topological polar surface area (TPSA) is 89.0 Å². The molecule has 182 valence electrons. The third kappa shape index (κ3) is 6.15. The van der Waals surface area contributed by atoms with E-state index in [0.717, 1.165) is 17.7 Å². The molecule has 0 unspecified atom stereocenters. The van der Waals surface area contributed by atoms with Crippen molar-refractivity contribution in [2.24, 2.45) is 0 Å². The van der Waals surface area contributed by atoms with Crippen molar-refractivity contribution in [3.8, 4) is 11.4 Å². The lowest BCUT2D eigenvalue weighted by molar-refractivity contribution is -0.274. The maximum atomic E-state index is 13.1. The second-order valence-corrected chi connectivity index (χ2v) is 9.54. The summed E-state index contributed by atoms with van der Waals surface area (Å²) < 4.78 is 72.1. The summed E-state index contributed by atoms with van der Waals surface area (Å²) in [7, 11) is -3.94. The van der Waals surface area contributed by atoms with Crippen LogP contribution in [0.3, 0.4) is 0 Å². The molecule has 0 aliphatic heterocycles. The highest BCUT2D eigenvalue weighted by Crippen LogP contribution is 2.27. The highest BCUT2D eigenvalue weighted by atomic mass is 32.2. The first kappa shape index (κ1) is 24.6. The van der Waals surface area contributed by atoms with Gasteiger partial charge < -0.3 is 4.74 Å². The number of hydrogen-bond acceptors (Lipinski definition) is 5. The summed E-state index contributed by atoms with van der Waals surface area (Å²) in [5.41, 5.74) is 1.22. The molecular formula is C23H19F3N4O3S2. The minimum absolute atomic E-state index is 0.0763. The van der Waals surface area contributed by atoms with Crippen molar-refractivity contribution in [2.75, 3.05) is 0 Å². The first-order valence-electron chi connectivity index (χ1n) is 10.3. The minimum atomic E-state index is -4.82. The molecule has 1 atom stereocenters. The Morgan fingerprint density at radius 1 is 0.971 bits per heavy atom. The summed E-state index contributed by atoms with van der Waals surface area (Å²) in [5.74, 6) is -0.161. The van der Waals surface area contributed by atoms with Crippen LogP contribution in [0.25, 0.3) is 5.69 Å². The van der Waals surface area contributed by atoms with Crippen molar-refractivity contribution in [1.29, 1.82) is 0 Å². The summed E-state index contributed by atoms with van der Waals surface area (Å²) in [4.78, 5) is 0.0763. The normalized spacial score (nSPS) is 12.9. The van der Waals surface area contributed by atoms with E-state index in [1.807, 2.05) is 30.3 Å². The Bertz CT molecular complexity index is 1440. The van der Waals surface area contributed by atoms with E-state index >= 15 is 0 Å². The lowest BCUT2D eigenvalue weighted by atomic mass is 10.1. The van der Waals surface area contributed by atoms with E-state index in [-0.39, 0.29) is 21.9 Å². The number of alkyl halides is 3. The first-order chi connectivity index (χ1) is 16.6. The molecule has 4 rings (SSSR count). The van der Waals surface area contributed by atoms with Gasteiger partial charge in [-0.3, -0.25) is 9.67 Å². The number of H-pyrrole nitrogens is 1. The molecule has 0 saturated carbocycles. The van der Waals surface area contributed by atoms with Gasteiger partial charge in [0.25, 0.3) is 0 Å². The van der Waals surface area contributed by atoms with E-state index in [1.54, 1.807) is 18.2 Å². The predicted octanol–water partition coefficient (Wildman–Crippen LogP) is 5.09. The molecule has 0 aliphatic rings. The number of aromatic nitrogens is 3. The highest BCUT2D eigenvalue weighted by Gasteiger charge is 2.31. The number of sulfonamides is 1. The molecule has 35 heavy (non-hydrogen) atoms. The highest BCUT2D eigenvalue weighted by molar-refractivity contribution is 7.89. The zero-order chi connectivity index (χ0) is 25.1. The van der Waals surface area contributed by atoms with Gasteiger partial charge in [-0.05, 0) is 60.6 Å². The average molecular weight is 521 g/mol. The van der Waals surface area contributed by atoms with Gasteiger partial charge in [0.2, 0.25) is 10.0 Å². The second kappa shape index (κ2) is 10.0. The summed E-state index contributed by atoms with van der Waals surface area (Å²) in [6, 6.07) is 21.2. The Hall–Kier alpha value is -3.48. The Morgan fingerprint density at radius 2 is 1.57 bits per heavy atom. The van der Waals surface area contributed by atoms with E-state index in [0.29, 0.717) is 5.69 Å². The van der Waals surface area contributed by atoms with Crippen molar-refractivity contribution in [3.63, 3.8) is 0 Å². The van der Waals surface area contributed by atoms with Crippen LogP contribution < -0.4 is 9.46 Å². The van der Waals surface area contributed by atoms with Crippen LogP contribution >= 0.6 is 12.2 Å². The van der Waals surface area contributed by atoms with Crippen LogP contribution in [-0.4, -0.2) is 29.5 Å². The molecule has 7 nitrogen and oxygen atoms in total. The van der Waals surface area contributed by atoms with Crippen molar-refractivity contribution >= 4 is 22.2 Å². The van der Waals surface area contributed by atoms with Gasteiger partial charge in [0.05, 0.1) is 10.9 Å². The summed E-state index contributed by atoms with van der Waals surface area (Å²) in [6.45, 7) is 0. The quantitative estimate of drug-likeness (QED) is 0.316. The molecule has 0 bridgehead atoms. The average Bonchev–Trinajstić information content (AvgIpc) is 3.21. The van der Waals surface area contributed by atoms with E-state index < -0.39 is 28.2 Å². The van der Waals surface area contributed by atoms with Gasteiger partial charge in [0.1, 0.15) is 5.75 Å². The van der Waals surface area contributed by atoms with E-state index in [9.17, 15) is 21.6 Å². The number of hydrogen-bond donors (Lipinski definition) is 2. The largest absolute Gasteiger partial charge is 0.573 e. The van der Waals surface area contributed by atoms with E-state index in [1.165, 1.54) is 28.8 Å². The van der Waals surface area contributed by atoms with Gasteiger partial charge in [-0.15, -0.1) is 13.2 Å². The van der Waals surface area contributed by atoms with Crippen molar-refractivity contribution in [1.82, 2.24) is 19.5 Å². The molecule has 0 spiro atoms. The monoisotopic (exact) mass is 520 g/mol. The van der Waals surface area contributed by atoms with Gasteiger partial charge in [-0.1, -0.05) is 48.5 Å². The zero-order valence-corrected chi connectivity index (χ0v) is 19.6. The summed E-state index contributed by atoms with van der Waals surface area (Å²) >= 11 is 5.35. The Morgan fingerprint density at radius 3 is 2.17 bits per heavy atom. The number of nitrogens with zero attached hydrogens (tertiary/aromatic N) is 2. The molecule has 0 aliphatic carbocycles. The third-order valence-corrected chi connectivity index (χ3v) is 6.73. The van der Waals surface area contributed by atoms with E-state index in [4.69, 9.17) is 12.2 Å². The fraction of sp³-hybridized carbons (Fsp3) is 0.130. The van der Waals surface area contributed by atoms with Gasteiger partial charge >= 0.3 is 6.36 Å². The number of benzene rings is 3. The Kier molecular flexibility index (Phi) is 7.05. The van der Waals surface area contributed by atoms with Crippen LogP contribution in [0.1, 0.15) is 17.4 Å². The number of rotatable bonds is 8. The molecule has 0 amide bonds. The van der Waals surface area contributed by atoms with Gasteiger partial charge in [0, 0.05) is 5.69 Å². The fourth-order valence-electron chi connectivity index (χ4n) is 3.48. The van der Waals surface area contributed by atoms with Crippen LogP contribution in [0.15, 0.2) is 89.8 Å². The van der Waals surface area contributed by atoms with Crippen LogP contribution in [0.2, 0.25) is 0 Å². The molecule has 3 aromatic carbocycles. The lowest BCUT2D eigenvalue weighted by Gasteiger charge is -2.20. The van der Waals surface area contributed by atoms with Gasteiger partial charge in [-0.2, -0.15) is 5.10 Å². The van der Waals surface area contributed by atoms with Gasteiger partial charge in [-0.25, -0.2) is 13.1 Å². The SMILES string of the molecule is O=S(=O)(N[C@H](Cc1ccccc1)c1n[nH]c(=S)n1-c1ccc(OC(F)(F)F)cc1)c1ccccc1. The number of aromatic amines is 1. The van der Waals surface area contributed by atoms with Gasteiger partial charge in [0.15, 0.2) is 10.6 Å². The summed E-state index contributed by atoms with van der Waals surface area (Å²) in [6.07, 6.45) is -4.59. The smallest absolute Gasteiger partial charge is 0.406 e. The standard InChI is InChI=1S/C23H19F3N4O3S2/c24-23(25,26)33-18-13-11-17(12-14-18)30-21(27-28-22(30)34)20(15-16-7-3-1-4-8-16)29-35(31,32)19-9-5-2-6-10-19/h1-14,20,29H,15H2,(H,28,34)/t20-/m1/s1. The number of halogens is 3. The van der Waals surface area contributed by atoms with Crippen LogP contribution in [0.4, 0.5) is 13.2 Å². The summed E-state index contributed by atoms with van der Waals surface area (Å²) in [5, 5.41) is 6.91. The third-order valence-electron chi connectivity index (χ3n) is 4.97. The first-order valence-corrected chi connectivity index (χ1v) is 12.2. The maximum Gasteiger partial charge on any atom is 0.573 e. The molecule has 0 fully saturated rings. The molecule has 1 aromatic heterocycles. The molecule has 4 aromatic rings. The van der Waals surface area contributed by atoms with Crippen LogP contribution in [-0.2, 0) is 16.4 Å². The minimum Gasteiger partial charge on any atom is -0.406 e. The maximum absolute atomic E-state index is 13.1. The van der Waals surface area contributed by atoms with Crippen LogP contribution in [0.5, 0.6) is 5.75 Å². The van der Waals surface area contributed by atoms with Crippen molar-refractivity contribution < 1.29 is 26.3 Å². The molecular weight excluding hydrogens is 501 g/mol. The van der Waals surface area contributed by atoms with Crippen molar-refractivity contribution in [2.45, 2.75) is 23.7 Å². The lowest BCUT2D eigenvalue weighted by Crippen LogP contribution is -2.32. The number of ether oxygens (including phenoxy) is 1. The number of nitrogens with one attached hydrogen (secondary N) is 2. The Labute approximate surface area is 204 Å². The van der Waals surface area contributed by atoms with Crippen LogP contribution in [0, 0.1) is 4.77 Å². The predicted molar refractivity (Wildman–Crippen MR) is 125 cm³/mol.